The van der Waals surface area contributed by atoms with Gasteiger partial charge in [-0.05, 0) is 95.7 Å². The van der Waals surface area contributed by atoms with Gasteiger partial charge in [-0.3, -0.25) is 0 Å². The van der Waals surface area contributed by atoms with Crippen molar-refractivity contribution in [3.8, 4) is 0 Å². The molecule has 0 atom stereocenters. The molecule has 0 aliphatic heterocycles. The SMILES string of the molecule is Cc1c(C)c(C)c(C)c(C)c1C.Cc1cc(C)cc(C)c1. The van der Waals surface area contributed by atoms with E-state index in [2.05, 4.69) is 80.5 Å². The highest BCUT2D eigenvalue weighted by Gasteiger charge is 2.07. The van der Waals surface area contributed by atoms with Crippen molar-refractivity contribution in [1.29, 1.82) is 0 Å². The molecule has 0 aliphatic carbocycles. The molecule has 21 heavy (non-hydrogen) atoms. The minimum atomic E-state index is 1.35. The fraction of sp³-hybridized carbons (Fsp3) is 0.429. The van der Waals surface area contributed by atoms with Crippen molar-refractivity contribution in [2.24, 2.45) is 0 Å². The largest absolute Gasteiger partial charge is 0.0564 e. The highest BCUT2D eigenvalue weighted by atomic mass is 14.1. The van der Waals surface area contributed by atoms with Gasteiger partial charge in [0.1, 0.15) is 0 Å². The van der Waals surface area contributed by atoms with Crippen LogP contribution in [0.5, 0.6) is 0 Å². The standard InChI is InChI=1S/C12H18.C9H12/c1-7-8(2)10(4)12(6)11(5)9(7)3;1-7-4-8(2)6-9(3)5-7/h1-6H3;4-6H,1-3H3. The summed E-state index contributed by atoms with van der Waals surface area (Å²) >= 11 is 0. The summed E-state index contributed by atoms with van der Waals surface area (Å²) in [6.45, 7) is 19.6. The first-order chi connectivity index (χ1) is 9.65. The lowest BCUT2D eigenvalue weighted by atomic mass is 9.90. The smallest absolute Gasteiger partial charge is 0.0392 e. The van der Waals surface area contributed by atoms with Crippen LogP contribution in [0.2, 0.25) is 0 Å². The Morgan fingerprint density at radius 1 is 0.333 bits per heavy atom. The molecule has 0 bridgehead atoms. The third-order valence-electron chi connectivity index (χ3n) is 4.74. The summed E-state index contributed by atoms with van der Waals surface area (Å²) in [5.74, 6) is 0. The van der Waals surface area contributed by atoms with Crippen LogP contribution in [0.4, 0.5) is 0 Å². The average molecular weight is 282 g/mol. The van der Waals surface area contributed by atoms with Crippen molar-refractivity contribution in [1.82, 2.24) is 0 Å². The lowest BCUT2D eigenvalue weighted by molar-refractivity contribution is 1.13. The van der Waals surface area contributed by atoms with Crippen LogP contribution < -0.4 is 0 Å². The zero-order valence-electron chi connectivity index (χ0n) is 15.2. The van der Waals surface area contributed by atoms with Crippen LogP contribution in [0.25, 0.3) is 0 Å². The second-order valence-corrected chi connectivity index (χ2v) is 6.42. The summed E-state index contributed by atoms with van der Waals surface area (Å²) in [4.78, 5) is 0. The van der Waals surface area contributed by atoms with E-state index in [1.165, 1.54) is 50.1 Å². The van der Waals surface area contributed by atoms with Crippen LogP contribution in [0.1, 0.15) is 50.1 Å². The van der Waals surface area contributed by atoms with Crippen LogP contribution in [0, 0.1) is 62.3 Å². The maximum absolute atomic E-state index is 2.21. The number of rotatable bonds is 0. The monoisotopic (exact) mass is 282 g/mol. The number of aryl methyl sites for hydroxylation is 3. The number of hydrogen-bond donors (Lipinski definition) is 0. The van der Waals surface area contributed by atoms with E-state index < -0.39 is 0 Å². The van der Waals surface area contributed by atoms with Crippen LogP contribution >= 0.6 is 0 Å². The Labute approximate surface area is 131 Å². The second kappa shape index (κ2) is 6.93. The molecular formula is C21H30. The molecule has 0 aromatic heterocycles. The van der Waals surface area contributed by atoms with Crippen molar-refractivity contribution in [2.75, 3.05) is 0 Å². The average Bonchev–Trinajstić information content (AvgIpc) is 2.40. The molecule has 2 aromatic carbocycles. The fourth-order valence-electron chi connectivity index (χ4n) is 2.89. The van der Waals surface area contributed by atoms with Crippen molar-refractivity contribution in [2.45, 2.75) is 62.3 Å². The summed E-state index contributed by atoms with van der Waals surface area (Å²) in [6.07, 6.45) is 0. The molecule has 0 heterocycles. The first-order valence-electron chi connectivity index (χ1n) is 7.73. The minimum absolute atomic E-state index is 1.35. The molecule has 0 heteroatoms. The third kappa shape index (κ3) is 4.20. The van der Waals surface area contributed by atoms with Gasteiger partial charge >= 0.3 is 0 Å². The van der Waals surface area contributed by atoms with Gasteiger partial charge in [0.25, 0.3) is 0 Å². The Bertz CT molecular complexity index is 490. The predicted molar refractivity (Wildman–Crippen MR) is 95.5 cm³/mol. The van der Waals surface area contributed by atoms with Gasteiger partial charge in [-0.2, -0.15) is 0 Å². The Kier molecular flexibility index (Phi) is 5.78. The fourth-order valence-corrected chi connectivity index (χ4v) is 2.89. The van der Waals surface area contributed by atoms with Crippen LogP contribution in [-0.4, -0.2) is 0 Å². The number of benzene rings is 2. The summed E-state index contributed by atoms with van der Waals surface area (Å²) in [5, 5.41) is 0. The van der Waals surface area contributed by atoms with E-state index in [0.717, 1.165) is 0 Å². The maximum Gasteiger partial charge on any atom is -0.0392 e. The molecule has 0 unspecified atom stereocenters. The predicted octanol–water partition coefficient (Wildman–Crippen LogP) is 6.15. The summed E-state index contributed by atoms with van der Waals surface area (Å²) < 4.78 is 0. The van der Waals surface area contributed by atoms with E-state index in [1.807, 2.05) is 0 Å². The highest BCUT2D eigenvalue weighted by molar-refractivity contribution is 5.48. The molecule has 0 saturated heterocycles. The van der Waals surface area contributed by atoms with Crippen molar-refractivity contribution < 1.29 is 0 Å². The van der Waals surface area contributed by atoms with Gasteiger partial charge in [-0.15, -0.1) is 0 Å². The van der Waals surface area contributed by atoms with Gasteiger partial charge in [-0.25, -0.2) is 0 Å². The molecule has 0 N–H and O–H groups in total. The Balaban J connectivity index is 0.000000219. The number of hydrogen-bond acceptors (Lipinski definition) is 0. The third-order valence-corrected chi connectivity index (χ3v) is 4.74. The molecule has 0 amide bonds. The topological polar surface area (TPSA) is 0 Å². The first-order valence-corrected chi connectivity index (χ1v) is 7.73. The van der Waals surface area contributed by atoms with E-state index in [9.17, 15) is 0 Å². The zero-order valence-corrected chi connectivity index (χ0v) is 15.2. The van der Waals surface area contributed by atoms with Gasteiger partial charge in [0.15, 0.2) is 0 Å². The Morgan fingerprint density at radius 2 is 0.476 bits per heavy atom. The van der Waals surface area contributed by atoms with Gasteiger partial charge in [0.05, 0.1) is 0 Å². The quantitative estimate of drug-likeness (QED) is 0.543. The van der Waals surface area contributed by atoms with Crippen LogP contribution in [0.3, 0.4) is 0 Å². The molecule has 0 nitrogen and oxygen atoms in total. The molecule has 114 valence electrons. The normalized spacial score (nSPS) is 10.1. The van der Waals surface area contributed by atoms with Crippen molar-refractivity contribution in [3.63, 3.8) is 0 Å². The van der Waals surface area contributed by atoms with E-state index in [0.29, 0.717) is 0 Å². The van der Waals surface area contributed by atoms with Crippen molar-refractivity contribution >= 4 is 0 Å². The Hall–Kier alpha value is -1.56. The van der Waals surface area contributed by atoms with E-state index in [4.69, 9.17) is 0 Å². The Morgan fingerprint density at radius 3 is 0.619 bits per heavy atom. The first kappa shape index (κ1) is 17.5. The summed E-state index contributed by atoms with van der Waals surface area (Å²) in [5.41, 5.74) is 12.8. The zero-order chi connectivity index (χ0) is 16.3. The molecule has 0 spiro atoms. The van der Waals surface area contributed by atoms with Gasteiger partial charge in [-0.1, -0.05) is 34.9 Å². The molecular weight excluding hydrogens is 252 g/mol. The van der Waals surface area contributed by atoms with Crippen LogP contribution in [0.15, 0.2) is 18.2 Å². The lowest BCUT2D eigenvalue weighted by Gasteiger charge is -2.15. The van der Waals surface area contributed by atoms with Gasteiger partial charge < -0.3 is 0 Å². The molecule has 0 saturated carbocycles. The second-order valence-electron chi connectivity index (χ2n) is 6.42. The maximum atomic E-state index is 2.21. The van der Waals surface area contributed by atoms with Crippen molar-refractivity contribution in [3.05, 3.63) is 68.3 Å². The molecule has 0 aliphatic rings. The molecule has 2 aromatic rings. The van der Waals surface area contributed by atoms with Gasteiger partial charge in [0, 0.05) is 0 Å². The van der Waals surface area contributed by atoms with E-state index in [-0.39, 0.29) is 0 Å². The van der Waals surface area contributed by atoms with Gasteiger partial charge in [0.2, 0.25) is 0 Å². The van der Waals surface area contributed by atoms with E-state index in [1.54, 1.807) is 0 Å². The van der Waals surface area contributed by atoms with E-state index >= 15 is 0 Å². The minimum Gasteiger partial charge on any atom is -0.0564 e. The molecule has 0 fully saturated rings. The summed E-state index contributed by atoms with van der Waals surface area (Å²) in [6, 6.07) is 6.56. The molecule has 0 radical (unpaired) electrons. The lowest BCUT2D eigenvalue weighted by Crippen LogP contribution is -1.98. The van der Waals surface area contributed by atoms with Crippen LogP contribution in [-0.2, 0) is 0 Å². The highest BCUT2D eigenvalue weighted by Crippen LogP contribution is 2.24. The summed E-state index contributed by atoms with van der Waals surface area (Å²) in [7, 11) is 0. The molecule has 2 rings (SSSR count).